The lowest BCUT2D eigenvalue weighted by Gasteiger charge is -2.18. The average Bonchev–Trinajstić information content (AvgIpc) is 2.59. The minimum Gasteiger partial charge on any atom is -0.355 e. The van der Waals surface area contributed by atoms with Crippen molar-refractivity contribution in [1.82, 2.24) is 4.98 Å². The van der Waals surface area contributed by atoms with E-state index in [0.717, 1.165) is 24.6 Å². The van der Waals surface area contributed by atoms with Crippen LogP contribution in [0.25, 0.3) is 0 Å². The Morgan fingerprint density at radius 3 is 2.50 bits per heavy atom. The fraction of sp³-hybridized carbons (Fsp3) is 0.538. The third-order valence-electron chi connectivity index (χ3n) is 3.42. The van der Waals surface area contributed by atoms with E-state index in [4.69, 9.17) is 5.26 Å². The lowest BCUT2D eigenvalue weighted by molar-refractivity contribution is 0.494. The van der Waals surface area contributed by atoms with Gasteiger partial charge in [0.1, 0.15) is 11.9 Å². The monoisotopic (exact) mass is 215 g/mol. The van der Waals surface area contributed by atoms with Gasteiger partial charge in [-0.2, -0.15) is 5.26 Å². The van der Waals surface area contributed by atoms with Crippen LogP contribution < -0.4 is 4.90 Å². The number of hydrogen-bond acceptors (Lipinski definition) is 3. The molecular weight excluding hydrogens is 198 g/mol. The van der Waals surface area contributed by atoms with E-state index in [1.54, 1.807) is 0 Å². The van der Waals surface area contributed by atoms with Crippen LogP contribution >= 0.6 is 0 Å². The van der Waals surface area contributed by atoms with Crippen LogP contribution in [0, 0.1) is 30.1 Å². The Morgan fingerprint density at radius 1 is 1.31 bits per heavy atom. The van der Waals surface area contributed by atoms with Crippen molar-refractivity contribution in [2.75, 3.05) is 18.0 Å². The van der Waals surface area contributed by atoms with Crippen molar-refractivity contribution in [1.29, 1.82) is 5.26 Å². The summed E-state index contributed by atoms with van der Waals surface area (Å²) >= 11 is 0. The van der Waals surface area contributed by atoms with E-state index in [1.807, 2.05) is 19.1 Å². The molecule has 3 heteroatoms. The molecule has 2 unspecified atom stereocenters. The predicted molar refractivity (Wildman–Crippen MR) is 64.2 cm³/mol. The molecule has 1 aromatic heterocycles. The van der Waals surface area contributed by atoms with Gasteiger partial charge in [0.2, 0.25) is 0 Å². The number of nitriles is 1. The molecule has 84 valence electrons. The van der Waals surface area contributed by atoms with E-state index in [-0.39, 0.29) is 0 Å². The Morgan fingerprint density at radius 2 is 1.94 bits per heavy atom. The molecule has 0 radical (unpaired) electrons. The van der Waals surface area contributed by atoms with Crippen LogP contribution in [-0.4, -0.2) is 18.1 Å². The van der Waals surface area contributed by atoms with Crippen LogP contribution in [0.1, 0.15) is 25.1 Å². The zero-order chi connectivity index (χ0) is 11.7. The standard InChI is InChI=1S/C13H17N3/c1-9-7-16(8-10(9)2)13-12(6-14)5-4-11(3)15-13/h4-5,9-10H,7-8H2,1-3H3. The summed E-state index contributed by atoms with van der Waals surface area (Å²) in [6, 6.07) is 5.99. The van der Waals surface area contributed by atoms with Crippen molar-refractivity contribution in [2.24, 2.45) is 11.8 Å². The van der Waals surface area contributed by atoms with Gasteiger partial charge in [-0.15, -0.1) is 0 Å². The van der Waals surface area contributed by atoms with Gasteiger partial charge in [0.15, 0.2) is 0 Å². The molecule has 2 rings (SSSR count). The van der Waals surface area contributed by atoms with E-state index in [2.05, 4.69) is 29.8 Å². The molecule has 2 atom stereocenters. The molecular formula is C13H17N3. The lowest BCUT2D eigenvalue weighted by atomic mass is 10.0. The molecule has 1 saturated heterocycles. The van der Waals surface area contributed by atoms with Crippen LogP contribution in [0.5, 0.6) is 0 Å². The minimum absolute atomic E-state index is 0.675. The van der Waals surface area contributed by atoms with Gasteiger partial charge in [-0.05, 0) is 30.9 Å². The number of hydrogen-bond donors (Lipinski definition) is 0. The van der Waals surface area contributed by atoms with Gasteiger partial charge in [-0.3, -0.25) is 0 Å². The Labute approximate surface area is 96.7 Å². The maximum Gasteiger partial charge on any atom is 0.146 e. The Bertz CT molecular complexity index is 423. The minimum atomic E-state index is 0.675. The molecule has 16 heavy (non-hydrogen) atoms. The maximum atomic E-state index is 9.08. The summed E-state index contributed by atoms with van der Waals surface area (Å²) in [7, 11) is 0. The smallest absolute Gasteiger partial charge is 0.146 e. The molecule has 1 aromatic rings. The first-order valence-corrected chi connectivity index (χ1v) is 5.74. The number of aryl methyl sites for hydroxylation is 1. The second-order valence-corrected chi connectivity index (χ2v) is 4.80. The molecule has 0 saturated carbocycles. The summed E-state index contributed by atoms with van der Waals surface area (Å²) in [4.78, 5) is 6.74. The van der Waals surface area contributed by atoms with E-state index < -0.39 is 0 Å². The van der Waals surface area contributed by atoms with Crippen molar-refractivity contribution in [3.63, 3.8) is 0 Å². The summed E-state index contributed by atoms with van der Waals surface area (Å²) in [6.45, 7) is 8.49. The van der Waals surface area contributed by atoms with E-state index in [0.29, 0.717) is 17.4 Å². The quantitative estimate of drug-likeness (QED) is 0.722. The first-order valence-electron chi connectivity index (χ1n) is 5.74. The zero-order valence-corrected chi connectivity index (χ0v) is 10.1. The summed E-state index contributed by atoms with van der Waals surface area (Å²) in [5, 5.41) is 9.08. The van der Waals surface area contributed by atoms with Gasteiger partial charge in [0, 0.05) is 18.8 Å². The Balaban J connectivity index is 2.34. The van der Waals surface area contributed by atoms with Gasteiger partial charge in [-0.25, -0.2) is 4.98 Å². The van der Waals surface area contributed by atoms with Crippen molar-refractivity contribution < 1.29 is 0 Å². The van der Waals surface area contributed by atoms with Gasteiger partial charge in [0.05, 0.1) is 5.56 Å². The van der Waals surface area contributed by atoms with Crippen LogP contribution in [0.4, 0.5) is 5.82 Å². The number of pyridine rings is 1. The van der Waals surface area contributed by atoms with Crippen LogP contribution in [0.3, 0.4) is 0 Å². The van der Waals surface area contributed by atoms with Gasteiger partial charge in [0.25, 0.3) is 0 Å². The first-order chi connectivity index (χ1) is 7.61. The highest BCUT2D eigenvalue weighted by Gasteiger charge is 2.28. The summed E-state index contributed by atoms with van der Waals surface area (Å²) in [6.07, 6.45) is 0. The van der Waals surface area contributed by atoms with Crippen molar-refractivity contribution in [2.45, 2.75) is 20.8 Å². The number of aromatic nitrogens is 1. The largest absolute Gasteiger partial charge is 0.355 e. The van der Waals surface area contributed by atoms with Gasteiger partial charge >= 0.3 is 0 Å². The second kappa shape index (κ2) is 4.13. The molecule has 0 aromatic carbocycles. The fourth-order valence-corrected chi connectivity index (χ4v) is 2.17. The number of rotatable bonds is 1. The van der Waals surface area contributed by atoms with Crippen LogP contribution in [0.15, 0.2) is 12.1 Å². The zero-order valence-electron chi connectivity index (χ0n) is 10.1. The lowest BCUT2D eigenvalue weighted by Crippen LogP contribution is -2.22. The summed E-state index contributed by atoms with van der Waals surface area (Å²) in [5.41, 5.74) is 1.66. The fourth-order valence-electron chi connectivity index (χ4n) is 2.17. The highest BCUT2D eigenvalue weighted by atomic mass is 15.2. The van der Waals surface area contributed by atoms with E-state index >= 15 is 0 Å². The van der Waals surface area contributed by atoms with Crippen molar-refractivity contribution in [3.8, 4) is 6.07 Å². The van der Waals surface area contributed by atoms with Crippen LogP contribution in [-0.2, 0) is 0 Å². The van der Waals surface area contributed by atoms with Crippen molar-refractivity contribution in [3.05, 3.63) is 23.4 Å². The first kappa shape index (κ1) is 10.9. The van der Waals surface area contributed by atoms with Crippen LogP contribution in [0.2, 0.25) is 0 Å². The molecule has 0 spiro atoms. The summed E-state index contributed by atoms with van der Waals surface area (Å²) in [5.74, 6) is 2.21. The topological polar surface area (TPSA) is 39.9 Å². The molecule has 1 aliphatic rings. The number of nitrogens with zero attached hydrogens (tertiary/aromatic N) is 3. The molecule has 2 heterocycles. The van der Waals surface area contributed by atoms with E-state index in [1.165, 1.54) is 0 Å². The van der Waals surface area contributed by atoms with Gasteiger partial charge < -0.3 is 4.90 Å². The molecule has 0 aliphatic carbocycles. The molecule has 0 N–H and O–H groups in total. The predicted octanol–water partition coefficient (Wildman–Crippen LogP) is 2.35. The van der Waals surface area contributed by atoms with Gasteiger partial charge in [-0.1, -0.05) is 13.8 Å². The Hall–Kier alpha value is -1.56. The molecule has 1 aliphatic heterocycles. The summed E-state index contributed by atoms with van der Waals surface area (Å²) < 4.78 is 0. The molecule has 3 nitrogen and oxygen atoms in total. The average molecular weight is 215 g/mol. The second-order valence-electron chi connectivity index (χ2n) is 4.80. The molecule has 1 fully saturated rings. The maximum absolute atomic E-state index is 9.08. The third-order valence-corrected chi connectivity index (χ3v) is 3.42. The number of anilines is 1. The van der Waals surface area contributed by atoms with E-state index in [9.17, 15) is 0 Å². The normalized spacial score (nSPS) is 24.5. The third kappa shape index (κ3) is 1.88. The molecule has 0 bridgehead atoms. The van der Waals surface area contributed by atoms with Crippen molar-refractivity contribution >= 4 is 5.82 Å². The Kier molecular flexibility index (Phi) is 2.82. The SMILES string of the molecule is Cc1ccc(C#N)c(N2CC(C)C(C)C2)n1. The highest BCUT2D eigenvalue weighted by Crippen LogP contribution is 2.28. The highest BCUT2D eigenvalue weighted by molar-refractivity contribution is 5.55. The molecule has 0 amide bonds.